The van der Waals surface area contributed by atoms with Gasteiger partial charge in [-0.15, -0.1) is 0 Å². The largest absolute Gasteiger partial charge is 0.343 e. The summed E-state index contributed by atoms with van der Waals surface area (Å²) in [4.78, 5) is 24.5. The molecule has 1 N–H and O–H groups in total. The van der Waals surface area contributed by atoms with Crippen molar-refractivity contribution in [3.05, 3.63) is 11.6 Å². The predicted octanol–water partition coefficient (Wildman–Crippen LogP) is 0.474. The number of carbonyl (C=O) groups excluding carboxylic acids is 2. The lowest BCUT2D eigenvalue weighted by atomic mass is 10.1. The van der Waals surface area contributed by atoms with Gasteiger partial charge in [-0.3, -0.25) is 9.59 Å². The van der Waals surface area contributed by atoms with Crippen LogP contribution >= 0.6 is 11.6 Å². The molecule has 1 aliphatic rings. The third-order valence-corrected chi connectivity index (χ3v) is 2.43. The average molecular weight is 217 g/mol. The molecule has 0 bridgehead atoms. The van der Waals surface area contributed by atoms with E-state index in [2.05, 4.69) is 5.32 Å². The molecule has 0 spiro atoms. The maximum absolute atomic E-state index is 11.6. The quantitative estimate of drug-likeness (QED) is 0.730. The maximum Gasteiger partial charge on any atom is 0.245 e. The molecular weight excluding hydrogens is 204 g/mol. The highest BCUT2D eigenvalue weighted by Gasteiger charge is 2.34. The van der Waals surface area contributed by atoms with Crippen LogP contribution in [0, 0.1) is 0 Å². The molecule has 0 radical (unpaired) electrons. The van der Waals surface area contributed by atoms with Crippen LogP contribution in [-0.2, 0) is 9.59 Å². The van der Waals surface area contributed by atoms with Crippen LogP contribution in [0.1, 0.15) is 13.8 Å². The molecule has 1 fully saturated rings. The van der Waals surface area contributed by atoms with E-state index < -0.39 is 12.1 Å². The van der Waals surface area contributed by atoms with Crippen LogP contribution < -0.4 is 5.32 Å². The first kappa shape index (κ1) is 11.0. The summed E-state index contributed by atoms with van der Waals surface area (Å²) in [5.41, 5.74) is 1.34. The minimum atomic E-state index is -0.442. The molecule has 0 aromatic carbocycles. The first-order chi connectivity index (χ1) is 6.57. The number of amides is 2. The number of rotatable bonds is 2. The van der Waals surface area contributed by atoms with Gasteiger partial charge >= 0.3 is 0 Å². The zero-order valence-corrected chi connectivity index (χ0v) is 8.91. The van der Waals surface area contributed by atoms with E-state index in [0.29, 0.717) is 6.54 Å². The minimum absolute atomic E-state index is 0.0770. The summed E-state index contributed by atoms with van der Waals surface area (Å²) in [6.07, 6.45) is 1.64. The molecule has 2 atom stereocenters. The molecule has 2 amide bonds. The Balaban J connectivity index is 2.77. The van der Waals surface area contributed by atoms with Gasteiger partial charge in [0.05, 0.1) is 0 Å². The Kier molecular flexibility index (Phi) is 3.52. The monoisotopic (exact) mass is 216 g/mol. The molecule has 1 aliphatic heterocycles. The highest BCUT2D eigenvalue weighted by molar-refractivity contribution is 6.25. The Hall–Kier alpha value is -1.03. The molecule has 0 aromatic heterocycles. The van der Waals surface area contributed by atoms with Gasteiger partial charge in [-0.1, -0.05) is 17.7 Å². The smallest absolute Gasteiger partial charge is 0.245 e. The van der Waals surface area contributed by atoms with Crippen molar-refractivity contribution < 1.29 is 9.59 Å². The first-order valence-electron chi connectivity index (χ1n) is 4.44. The van der Waals surface area contributed by atoms with E-state index in [0.717, 1.165) is 0 Å². The van der Waals surface area contributed by atoms with E-state index in [1.807, 2.05) is 0 Å². The Morgan fingerprint density at radius 1 is 1.50 bits per heavy atom. The summed E-state index contributed by atoms with van der Waals surface area (Å²) >= 11 is 5.37. The lowest BCUT2D eigenvalue weighted by Crippen LogP contribution is -2.61. The fourth-order valence-corrected chi connectivity index (χ4v) is 1.46. The van der Waals surface area contributed by atoms with Gasteiger partial charge in [-0.2, -0.15) is 0 Å². The van der Waals surface area contributed by atoms with Gasteiger partial charge in [0.1, 0.15) is 12.1 Å². The van der Waals surface area contributed by atoms with Gasteiger partial charge in [0.25, 0.3) is 0 Å². The van der Waals surface area contributed by atoms with Crippen molar-refractivity contribution in [1.82, 2.24) is 10.2 Å². The van der Waals surface area contributed by atoms with Crippen molar-refractivity contribution >= 4 is 23.4 Å². The van der Waals surface area contributed by atoms with Gasteiger partial charge in [0, 0.05) is 12.1 Å². The minimum Gasteiger partial charge on any atom is -0.343 e. The molecule has 1 rings (SSSR count). The summed E-state index contributed by atoms with van der Waals surface area (Å²) in [7, 11) is 0. The average Bonchev–Trinajstić information content (AvgIpc) is 2.15. The fraction of sp³-hybridized carbons (Fsp3) is 0.556. The molecule has 4 nitrogen and oxygen atoms in total. The van der Waals surface area contributed by atoms with Crippen molar-refractivity contribution in [3.63, 3.8) is 0 Å². The summed E-state index contributed by atoms with van der Waals surface area (Å²) < 4.78 is 0. The highest BCUT2D eigenvalue weighted by atomic mass is 35.5. The van der Waals surface area contributed by atoms with Gasteiger partial charge in [-0.25, -0.2) is 0 Å². The summed E-state index contributed by atoms with van der Waals surface area (Å²) in [5.74, 6) is -0.202. The summed E-state index contributed by atoms with van der Waals surface area (Å²) in [6.45, 7) is 3.74. The predicted molar refractivity (Wildman–Crippen MR) is 53.8 cm³/mol. The van der Waals surface area contributed by atoms with E-state index in [-0.39, 0.29) is 11.8 Å². The molecule has 1 heterocycles. The van der Waals surface area contributed by atoms with Crippen molar-refractivity contribution in [1.29, 1.82) is 0 Å². The summed E-state index contributed by atoms with van der Waals surface area (Å²) in [6, 6.07) is -0.867. The SMILES string of the molecule is CC1NC(=O)C(C)N(C/C=C/Cl)C1=O. The topological polar surface area (TPSA) is 49.4 Å². The van der Waals surface area contributed by atoms with Crippen LogP contribution in [0.3, 0.4) is 0 Å². The van der Waals surface area contributed by atoms with Crippen molar-refractivity contribution in [2.75, 3.05) is 6.54 Å². The van der Waals surface area contributed by atoms with E-state index >= 15 is 0 Å². The van der Waals surface area contributed by atoms with Crippen LogP contribution in [0.5, 0.6) is 0 Å². The van der Waals surface area contributed by atoms with E-state index in [4.69, 9.17) is 11.6 Å². The van der Waals surface area contributed by atoms with Crippen molar-refractivity contribution in [3.8, 4) is 0 Å². The zero-order chi connectivity index (χ0) is 10.7. The van der Waals surface area contributed by atoms with Crippen LogP contribution in [0.15, 0.2) is 11.6 Å². The van der Waals surface area contributed by atoms with Gasteiger partial charge in [-0.05, 0) is 13.8 Å². The third-order valence-electron chi connectivity index (χ3n) is 2.25. The lowest BCUT2D eigenvalue weighted by Gasteiger charge is -2.35. The van der Waals surface area contributed by atoms with Crippen LogP contribution in [-0.4, -0.2) is 35.3 Å². The van der Waals surface area contributed by atoms with Crippen molar-refractivity contribution in [2.24, 2.45) is 0 Å². The second-order valence-corrected chi connectivity index (χ2v) is 3.51. The van der Waals surface area contributed by atoms with Crippen LogP contribution in [0.2, 0.25) is 0 Å². The number of nitrogens with one attached hydrogen (secondary N) is 1. The number of piperazine rings is 1. The number of hydrogen-bond donors (Lipinski definition) is 1. The highest BCUT2D eigenvalue weighted by Crippen LogP contribution is 2.09. The molecule has 1 saturated heterocycles. The molecule has 5 heteroatoms. The van der Waals surface area contributed by atoms with E-state index in [1.54, 1.807) is 19.9 Å². The second-order valence-electron chi connectivity index (χ2n) is 3.26. The number of carbonyl (C=O) groups is 2. The third kappa shape index (κ3) is 2.07. The van der Waals surface area contributed by atoms with Gasteiger partial charge < -0.3 is 10.2 Å². The van der Waals surface area contributed by atoms with Crippen LogP contribution in [0.25, 0.3) is 0 Å². The normalized spacial score (nSPS) is 28.4. The molecule has 0 aliphatic carbocycles. The number of hydrogen-bond acceptors (Lipinski definition) is 2. The fourth-order valence-electron chi connectivity index (χ4n) is 1.38. The Morgan fingerprint density at radius 2 is 2.14 bits per heavy atom. The molecule has 14 heavy (non-hydrogen) atoms. The maximum atomic E-state index is 11.6. The molecular formula is C9H13ClN2O2. The molecule has 78 valence electrons. The Labute approximate surface area is 87.9 Å². The van der Waals surface area contributed by atoms with E-state index in [9.17, 15) is 9.59 Å². The molecule has 0 saturated carbocycles. The van der Waals surface area contributed by atoms with Crippen LogP contribution in [0.4, 0.5) is 0 Å². The molecule has 2 unspecified atom stereocenters. The standard InChI is InChI=1S/C9H13ClN2O2/c1-6-9(14)12(5-3-4-10)7(2)8(13)11-6/h3-4,6-7H,5H2,1-2H3,(H,11,13)/b4-3+. The Bertz CT molecular complexity index is 278. The van der Waals surface area contributed by atoms with E-state index in [1.165, 1.54) is 10.4 Å². The summed E-state index contributed by atoms with van der Waals surface area (Å²) in [5, 5.41) is 2.60. The Morgan fingerprint density at radius 3 is 2.71 bits per heavy atom. The van der Waals surface area contributed by atoms with Gasteiger partial charge in [0.15, 0.2) is 0 Å². The number of halogens is 1. The lowest BCUT2D eigenvalue weighted by molar-refractivity contribution is -0.147. The number of nitrogens with zero attached hydrogens (tertiary/aromatic N) is 1. The van der Waals surface area contributed by atoms with Gasteiger partial charge in [0.2, 0.25) is 11.8 Å². The first-order valence-corrected chi connectivity index (χ1v) is 4.87. The molecule has 0 aromatic rings. The van der Waals surface area contributed by atoms with Crippen molar-refractivity contribution in [2.45, 2.75) is 25.9 Å². The second kappa shape index (κ2) is 4.46. The zero-order valence-electron chi connectivity index (χ0n) is 8.16.